The van der Waals surface area contributed by atoms with Crippen molar-refractivity contribution in [3.63, 3.8) is 0 Å². The maximum atomic E-state index is 13.9. The van der Waals surface area contributed by atoms with Crippen LogP contribution in [0.15, 0.2) is 71.6 Å². The Morgan fingerprint density at radius 1 is 1.00 bits per heavy atom. The second-order valence-electron chi connectivity index (χ2n) is 9.68. The molecule has 3 aromatic rings. The van der Waals surface area contributed by atoms with Crippen molar-refractivity contribution in [1.29, 1.82) is 0 Å². The second kappa shape index (κ2) is 13.8. The maximum absolute atomic E-state index is 13.9. The van der Waals surface area contributed by atoms with E-state index in [-0.39, 0.29) is 23.0 Å². The molecule has 0 aliphatic carbocycles. The number of rotatable bonds is 12. The van der Waals surface area contributed by atoms with Crippen LogP contribution in [-0.2, 0) is 26.2 Å². The van der Waals surface area contributed by atoms with Gasteiger partial charge in [0.25, 0.3) is 10.0 Å². The molecule has 0 saturated carbocycles. The lowest BCUT2D eigenvalue weighted by Crippen LogP contribution is -2.51. The molecule has 0 bridgehead atoms. The predicted octanol–water partition coefficient (Wildman–Crippen LogP) is 5.62. The molecule has 3 aromatic carbocycles. The molecule has 10 heteroatoms. The minimum atomic E-state index is -4.20. The Labute approximate surface area is 241 Å². The van der Waals surface area contributed by atoms with Crippen LogP contribution in [0.3, 0.4) is 0 Å². The van der Waals surface area contributed by atoms with E-state index < -0.39 is 34.3 Å². The van der Waals surface area contributed by atoms with Crippen LogP contribution < -0.4 is 9.62 Å². The van der Waals surface area contributed by atoms with Crippen molar-refractivity contribution in [2.24, 2.45) is 0 Å². The van der Waals surface area contributed by atoms with Gasteiger partial charge < -0.3 is 10.2 Å². The van der Waals surface area contributed by atoms with Crippen molar-refractivity contribution in [1.82, 2.24) is 10.2 Å². The monoisotopic (exact) mass is 587 g/mol. The van der Waals surface area contributed by atoms with E-state index in [0.717, 1.165) is 22.7 Å². The molecule has 0 radical (unpaired) electrons. The van der Waals surface area contributed by atoms with E-state index in [2.05, 4.69) is 5.32 Å². The molecule has 3 rings (SSSR count). The van der Waals surface area contributed by atoms with E-state index in [1.807, 2.05) is 13.8 Å². The number of carbonyl (C=O) groups is 2. The third kappa shape index (κ3) is 7.61. The Bertz CT molecular complexity index is 1430. The SMILES string of the molecule is CCCCNC(=O)[C@H](C)N(Cc1ccc(F)cc1)C(=O)CN(c1cccc(Cl)c1C)S(=O)(=O)c1ccc(C)cc1. The van der Waals surface area contributed by atoms with E-state index >= 15 is 0 Å². The number of sulfonamides is 1. The van der Waals surface area contributed by atoms with Gasteiger partial charge in [-0.2, -0.15) is 0 Å². The van der Waals surface area contributed by atoms with Crippen LogP contribution in [0.5, 0.6) is 0 Å². The van der Waals surface area contributed by atoms with Gasteiger partial charge in [0, 0.05) is 18.1 Å². The van der Waals surface area contributed by atoms with E-state index in [9.17, 15) is 22.4 Å². The average Bonchev–Trinajstić information content (AvgIpc) is 2.93. The molecule has 40 heavy (non-hydrogen) atoms. The number of nitrogens with one attached hydrogen (secondary N) is 1. The number of carbonyl (C=O) groups excluding carboxylic acids is 2. The average molecular weight is 588 g/mol. The van der Waals surface area contributed by atoms with Gasteiger partial charge in [0.1, 0.15) is 18.4 Å². The van der Waals surface area contributed by atoms with Crippen LogP contribution in [0.2, 0.25) is 5.02 Å². The molecule has 0 unspecified atom stereocenters. The third-order valence-electron chi connectivity index (χ3n) is 6.66. The third-order valence-corrected chi connectivity index (χ3v) is 8.84. The zero-order valence-corrected chi connectivity index (χ0v) is 24.7. The molecule has 7 nitrogen and oxygen atoms in total. The smallest absolute Gasteiger partial charge is 0.264 e. The number of amides is 2. The second-order valence-corrected chi connectivity index (χ2v) is 11.9. The quantitative estimate of drug-likeness (QED) is 0.279. The van der Waals surface area contributed by atoms with Gasteiger partial charge in [-0.05, 0) is 74.7 Å². The fourth-order valence-electron chi connectivity index (χ4n) is 4.12. The van der Waals surface area contributed by atoms with Crippen molar-refractivity contribution in [3.8, 4) is 0 Å². The van der Waals surface area contributed by atoms with Gasteiger partial charge in [-0.3, -0.25) is 13.9 Å². The van der Waals surface area contributed by atoms with Crippen LogP contribution in [0.1, 0.15) is 43.4 Å². The number of aryl methyl sites for hydroxylation is 1. The zero-order valence-electron chi connectivity index (χ0n) is 23.2. The molecule has 0 spiro atoms. The minimum absolute atomic E-state index is 0.0146. The van der Waals surface area contributed by atoms with E-state index in [4.69, 9.17) is 11.6 Å². The van der Waals surface area contributed by atoms with Crippen LogP contribution in [-0.4, -0.2) is 44.3 Å². The summed E-state index contributed by atoms with van der Waals surface area (Å²) >= 11 is 6.35. The van der Waals surface area contributed by atoms with Crippen LogP contribution >= 0.6 is 11.6 Å². The molecule has 0 fully saturated rings. The highest BCUT2D eigenvalue weighted by atomic mass is 35.5. The maximum Gasteiger partial charge on any atom is 0.264 e. The molecule has 1 N–H and O–H groups in total. The predicted molar refractivity (Wildman–Crippen MR) is 156 cm³/mol. The van der Waals surface area contributed by atoms with Gasteiger partial charge in [0.2, 0.25) is 11.8 Å². The highest BCUT2D eigenvalue weighted by molar-refractivity contribution is 7.92. The molecule has 214 valence electrons. The van der Waals surface area contributed by atoms with Crippen LogP contribution in [0, 0.1) is 19.7 Å². The molecule has 0 saturated heterocycles. The lowest BCUT2D eigenvalue weighted by atomic mass is 10.1. The fraction of sp³-hybridized carbons (Fsp3) is 0.333. The topological polar surface area (TPSA) is 86.8 Å². The summed E-state index contributed by atoms with van der Waals surface area (Å²) in [6.45, 7) is 6.97. The number of halogens is 2. The summed E-state index contributed by atoms with van der Waals surface area (Å²) in [5.74, 6) is -1.40. The number of hydrogen-bond donors (Lipinski definition) is 1. The van der Waals surface area contributed by atoms with Gasteiger partial charge in [0.15, 0.2) is 0 Å². The van der Waals surface area contributed by atoms with Gasteiger partial charge in [-0.1, -0.05) is 60.8 Å². The zero-order chi connectivity index (χ0) is 29.4. The normalized spacial score (nSPS) is 12.1. The Hall–Kier alpha value is -3.43. The highest BCUT2D eigenvalue weighted by Gasteiger charge is 2.33. The van der Waals surface area contributed by atoms with Crippen molar-refractivity contribution in [2.45, 2.75) is 58.0 Å². The van der Waals surface area contributed by atoms with Gasteiger partial charge in [-0.15, -0.1) is 0 Å². The Balaban J connectivity index is 2.04. The van der Waals surface area contributed by atoms with Crippen LogP contribution in [0.4, 0.5) is 10.1 Å². The summed E-state index contributed by atoms with van der Waals surface area (Å²) in [6.07, 6.45) is 1.67. The molecule has 0 heterocycles. The largest absolute Gasteiger partial charge is 0.354 e. The molecule has 0 aliphatic heterocycles. The molecule has 1 atom stereocenters. The Kier molecular flexibility index (Phi) is 10.7. The number of benzene rings is 3. The van der Waals surface area contributed by atoms with Gasteiger partial charge in [0.05, 0.1) is 10.6 Å². The molecule has 0 aliphatic rings. The Morgan fingerprint density at radius 2 is 1.65 bits per heavy atom. The summed E-state index contributed by atoms with van der Waals surface area (Å²) in [5.41, 5.74) is 2.22. The molecule has 0 aromatic heterocycles. The van der Waals surface area contributed by atoms with Crippen molar-refractivity contribution < 1.29 is 22.4 Å². The fourth-order valence-corrected chi connectivity index (χ4v) is 5.76. The first kappa shape index (κ1) is 31.1. The first-order valence-corrected chi connectivity index (χ1v) is 14.9. The number of nitrogens with zero attached hydrogens (tertiary/aromatic N) is 2. The number of anilines is 1. The summed E-state index contributed by atoms with van der Waals surface area (Å²) in [4.78, 5) is 28.3. The first-order valence-electron chi connectivity index (χ1n) is 13.1. The number of hydrogen-bond acceptors (Lipinski definition) is 4. The van der Waals surface area contributed by atoms with Crippen molar-refractivity contribution >= 4 is 39.1 Å². The van der Waals surface area contributed by atoms with Crippen LogP contribution in [0.25, 0.3) is 0 Å². The van der Waals surface area contributed by atoms with Crippen molar-refractivity contribution in [2.75, 3.05) is 17.4 Å². The van der Waals surface area contributed by atoms with Gasteiger partial charge in [-0.25, -0.2) is 12.8 Å². The minimum Gasteiger partial charge on any atom is -0.354 e. The highest BCUT2D eigenvalue weighted by Crippen LogP contribution is 2.31. The van der Waals surface area contributed by atoms with E-state index in [1.54, 1.807) is 44.2 Å². The van der Waals surface area contributed by atoms with E-state index in [0.29, 0.717) is 22.7 Å². The summed E-state index contributed by atoms with van der Waals surface area (Å²) < 4.78 is 42.5. The summed E-state index contributed by atoms with van der Waals surface area (Å²) in [7, 11) is -4.20. The molecule has 2 amide bonds. The molecular weight excluding hydrogens is 553 g/mol. The standard InChI is InChI=1S/C30H35ClFN3O4S/c1-5-6-18-33-30(37)23(4)34(19-24-12-14-25(32)15-13-24)29(36)20-35(28-9-7-8-27(31)22(28)3)40(38,39)26-16-10-21(2)11-17-26/h7-17,23H,5-6,18-20H2,1-4H3,(H,33,37)/t23-/m0/s1. The Morgan fingerprint density at radius 3 is 2.27 bits per heavy atom. The summed E-state index contributed by atoms with van der Waals surface area (Å²) in [6, 6.07) is 15.9. The van der Waals surface area contributed by atoms with Gasteiger partial charge >= 0.3 is 0 Å². The van der Waals surface area contributed by atoms with Crippen molar-refractivity contribution in [3.05, 3.63) is 94.3 Å². The lowest BCUT2D eigenvalue weighted by molar-refractivity contribution is -0.139. The first-order chi connectivity index (χ1) is 18.9. The molecular formula is C30H35ClFN3O4S. The van der Waals surface area contributed by atoms with E-state index in [1.165, 1.54) is 41.3 Å². The lowest BCUT2D eigenvalue weighted by Gasteiger charge is -2.32. The number of unbranched alkanes of at least 4 members (excludes halogenated alkanes) is 1. The summed E-state index contributed by atoms with van der Waals surface area (Å²) in [5, 5.41) is 3.18.